The zero-order chi connectivity index (χ0) is 20.7. The number of benzene rings is 2. The van der Waals surface area contributed by atoms with Crippen molar-refractivity contribution in [2.75, 3.05) is 7.11 Å². The van der Waals surface area contributed by atoms with Crippen molar-refractivity contribution in [2.24, 2.45) is 23.7 Å². The number of hydrogen-bond acceptors (Lipinski definition) is 3. The van der Waals surface area contributed by atoms with Gasteiger partial charge in [0.1, 0.15) is 12.4 Å². The Labute approximate surface area is 186 Å². The van der Waals surface area contributed by atoms with Crippen LogP contribution in [0.15, 0.2) is 40.9 Å². The first-order valence-electron chi connectivity index (χ1n) is 11.1. The smallest absolute Gasteiger partial charge is 0.175 e. The SMILES string of the molecule is COc1cc(CNC2C3CC4CC(C3)CC2C4)cc(Br)c1OCc1ccc(F)cc1. The second-order valence-electron chi connectivity index (χ2n) is 9.36. The molecular formula is C25H29BrFNO2. The zero-order valence-corrected chi connectivity index (χ0v) is 19.0. The highest BCUT2D eigenvalue weighted by molar-refractivity contribution is 9.10. The van der Waals surface area contributed by atoms with Gasteiger partial charge in [-0.05, 0) is 107 Å². The fraction of sp³-hybridized carbons (Fsp3) is 0.520. The van der Waals surface area contributed by atoms with E-state index in [-0.39, 0.29) is 5.82 Å². The van der Waals surface area contributed by atoms with Crippen LogP contribution in [0.1, 0.15) is 43.2 Å². The van der Waals surface area contributed by atoms with E-state index in [0.29, 0.717) is 24.1 Å². The Bertz CT molecular complexity index is 873. The lowest BCUT2D eigenvalue weighted by Crippen LogP contribution is -2.54. The molecule has 0 radical (unpaired) electrons. The first-order chi connectivity index (χ1) is 14.6. The molecule has 30 heavy (non-hydrogen) atoms. The van der Waals surface area contributed by atoms with Crippen molar-refractivity contribution in [2.45, 2.75) is 51.3 Å². The quantitative estimate of drug-likeness (QED) is 0.527. The molecular weight excluding hydrogens is 445 g/mol. The van der Waals surface area contributed by atoms with E-state index in [0.717, 1.165) is 40.3 Å². The standard InChI is InChI=1S/C25H29BrFNO2/c1-29-23-12-18(11-22(26)25(23)30-14-15-2-4-21(27)5-3-15)13-28-24-19-7-16-6-17(9-19)10-20(24)8-16/h2-5,11-12,16-17,19-20,24,28H,6-10,13-14H2,1H3. The lowest BCUT2D eigenvalue weighted by atomic mass is 9.54. The summed E-state index contributed by atoms with van der Waals surface area (Å²) in [5.74, 6) is 4.88. The van der Waals surface area contributed by atoms with E-state index in [4.69, 9.17) is 9.47 Å². The van der Waals surface area contributed by atoms with Crippen molar-refractivity contribution in [1.29, 1.82) is 0 Å². The molecule has 4 fully saturated rings. The minimum atomic E-state index is -0.242. The van der Waals surface area contributed by atoms with Gasteiger partial charge in [-0.15, -0.1) is 0 Å². The van der Waals surface area contributed by atoms with Gasteiger partial charge in [-0.25, -0.2) is 4.39 Å². The largest absolute Gasteiger partial charge is 0.493 e. The summed E-state index contributed by atoms with van der Waals surface area (Å²) in [6, 6.07) is 11.2. The normalized spacial score (nSPS) is 29.2. The number of ether oxygens (including phenoxy) is 2. The van der Waals surface area contributed by atoms with Gasteiger partial charge in [0.2, 0.25) is 0 Å². The average molecular weight is 474 g/mol. The summed E-state index contributed by atoms with van der Waals surface area (Å²) in [4.78, 5) is 0. The first kappa shape index (κ1) is 20.3. The molecule has 0 amide bonds. The molecule has 3 nitrogen and oxygen atoms in total. The topological polar surface area (TPSA) is 30.5 Å². The van der Waals surface area contributed by atoms with Crippen LogP contribution in [0.5, 0.6) is 11.5 Å². The molecule has 4 aliphatic carbocycles. The van der Waals surface area contributed by atoms with Crippen molar-refractivity contribution >= 4 is 15.9 Å². The number of halogens is 2. The molecule has 4 saturated carbocycles. The molecule has 160 valence electrons. The maximum Gasteiger partial charge on any atom is 0.175 e. The second kappa shape index (κ2) is 8.51. The van der Waals surface area contributed by atoms with Gasteiger partial charge in [-0.3, -0.25) is 0 Å². The van der Waals surface area contributed by atoms with E-state index in [1.165, 1.54) is 49.8 Å². The molecule has 2 aromatic rings. The molecule has 0 saturated heterocycles. The van der Waals surface area contributed by atoms with E-state index in [1.807, 2.05) is 0 Å². The fourth-order valence-corrected chi connectivity index (χ4v) is 6.85. The van der Waals surface area contributed by atoms with E-state index in [9.17, 15) is 4.39 Å². The summed E-state index contributed by atoms with van der Waals surface area (Å²) >= 11 is 3.66. The van der Waals surface area contributed by atoms with E-state index in [1.54, 1.807) is 19.2 Å². The molecule has 4 bridgehead atoms. The Kier molecular flexibility index (Phi) is 5.76. The third-order valence-electron chi connectivity index (χ3n) is 7.35. The van der Waals surface area contributed by atoms with Crippen molar-refractivity contribution < 1.29 is 13.9 Å². The summed E-state index contributed by atoms with van der Waals surface area (Å²) in [6.07, 6.45) is 7.19. The Hall–Kier alpha value is -1.59. The third kappa shape index (κ3) is 4.11. The average Bonchev–Trinajstić information content (AvgIpc) is 2.73. The molecule has 2 aromatic carbocycles. The zero-order valence-electron chi connectivity index (χ0n) is 17.4. The molecule has 4 aliphatic rings. The molecule has 0 unspecified atom stereocenters. The van der Waals surface area contributed by atoms with Crippen LogP contribution in [0.2, 0.25) is 0 Å². The third-order valence-corrected chi connectivity index (χ3v) is 7.94. The van der Waals surface area contributed by atoms with Crippen LogP contribution >= 0.6 is 15.9 Å². The molecule has 6 rings (SSSR count). The second-order valence-corrected chi connectivity index (χ2v) is 10.2. The van der Waals surface area contributed by atoms with E-state index in [2.05, 4.69) is 33.4 Å². The van der Waals surface area contributed by atoms with Gasteiger partial charge < -0.3 is 14.8 Å². The monoisotopic (exact) mass is 473 g/mol. The first-order valence-corrected chi connectivity index (χ1v) is 11.9. The van der Waals surface area contributed by atoms with Crippen molar-refractivity contribution in [3.8, 4) is 11.5 Å². The predicted octanol–water partition coefficient (Wildman–Crippen LogP) is 6.09. The van der Waals surface area contributed by atoms with Crippen LogP contribution in [0.3, 0.4) is 0 Å². The lowest BCUT2D eigenvalue weighted by Gasteiger charge is -2.54. The van der Waals surface area contributed by atoms with Crippen LogP contribution in [0.25, 0.3) is 0 Å². The van der Waals surface area contributed by atoms with Gasteiger partial charge in [0.15, 0.2) is 11.5 Å². The lowest BCUT2D eigenvalue weighted by molar-refractivity contribution is -0.0142. The van der Waals surface area contributed by atoms with Gasteiger partial charge in [-0.1, -0.05) is 12.1 Å². The van der Waals surface area contributed by atoms with E-state index >= 15 is 0 Å². The van der Waals surface area contributed by atoms with Crippen molar-refractivity contribution in [1.82, 2.24) is 5.32 Å². The Morgan fingerprint density at radius 2 is 1.63 bits per heavy atom. The molecule has 0 heterocycles. The maximum absolute atomic E-state index is 13.1. The van der Waals surface area contributed by atoms with E-state index < -0.39 is 0 Å². The number of rotatable bonds is 7. The minimum Gasteiger partial charge on any atom is -0.493 e. The highest BCUT2D eigenvalue weighted by Gasteiger charge is 2.47. The number of nitrogens with one attached hydrogen (secondary N) is 1. The van der Waals surface area contributed by atoms with Crippen molar-refractivity contribution in [3.05, 3.63) is 57.8 Å². The summed E-state index contributed by atoms with van der Waals surface area (Å²) in [5, 5.41) is 3.89. The Balaban J connectivity index is 1.25. The van der Waals surface area contributed by atoms with Crippen LogP contribution in [0.4, 0.5) is 4.39 Å². The molecule has 0 aliphatic heterocycles. The summed E-state index contributed by atoms with van der Waals surface area (Å²) in [7, 11) is 1.67. The van der Waals surface area contributed by atoms with Gasteiger partial charge in [0.05, 0.1) is 11.6 Å². The van der Waals surface area contributed by atoms with Crippen LogP contribution in [0, 0.1) is 29.5 Å². The fourth-order valence-electron chi connectivity index (χ4n) is 6.25. The highest BCUT2D eigenvalue weighted by Crippen LogP contribution is 2.53. The van der Waals surface area contributed by atoms with Gasteiger partial charge in [0.25, 0.3) is 0 Å². The molecule has 1 N–H and O–H groups in total. The van der Waals surface area contributed by atoms with Gasteiger partial charge >= 0.3 is 0 Å². The van der Waals surface area contributed by atoms with Crippen molar-refractivity contribution in [3.63, 3.8) is 0 Å². The Morgan fingerprint density at radius 1 is 0.967 bits per heavy atom. The Morgan fingerprint density at radius 3 is 2.27 bits per heavy atom. The van der Waals surface area contributed by atoms with Gasteiger partial charge in [0, 0.05) is 12.6 Å². The van der Waals surface area contributed by atoms with Crippen LogP contribution in [-0.4, -0.2) is 13.2 Å². The molecule has 0 atom stereocenters. The molecule has 5 heteroatoms. The van der Waals surface area contributed by atoms with Crippen LogP contribution < -0.4 is 14.8 Å². The summed E-state index contributed by atoms with van der Waals surface area (Å²) in [5.41, 5.74) is 2.11. The number of methoxy groups -OCH3 is 1. The maximum atomic E-state index is 13.1. The predicted molar refractivity (Wildman–Crippen MR) is 119 cm³/mol. The summed E-state index contributed by atoms with van der Waals surface area (Å²) in [6.45, 7) is 1.21. The highest BCUT2D eigenvalue weighted by atomic mass is 79.9. The molecule has 0 aromatic heterocycles. The number of hydrogen-bond donors (Lipinski definition) is 1. The molecule has 0 spiro atoms. The van der Waals surface area contributed by atoms with Crippen LogP contribution in [-0.2, 0) is 13.2 Å². The van der Waals surface area contributed by atoms with Gasteiger partial charge in [-0.2, -0.15) is 0 Å². The minimum absolute atomic E-state index is 0.242. The summed E-state index contributed by atoms with van der Waals surface area (Å²) < 4.78 is 25.6.